The number of nitrogens with two attached hydrogens (primary N) is 1. The monoisotopic (exact) mass is 273 g/mol. The molecule has 1 heterocycles. The molecule has 0 atom stereocenters. The first-order valence-electron chi connectivity index (χ1n) is 6.61. The molecular formula is C15H19N3O2. The fraction of sp³-hybridized carbons (Fsp3) is 0.267. The van der Waals surface area contributed by atoms with Crippen LogP contribution in [0.4, 0.5) is 17.2 Å². The topological polar surface area (TPSA) is 69.4 Å². The fourth-order valence-corrected chi connectivity index (χ4v) is 1.77. The van der Waals surface area contributed by atoms with Crippen LogP contribution in [0.3, 0.4) is 0 Å². The maximum absolute atomic E-state index is 5.59. The van der Waals surface area contributed by atoms with Gasteiger partial charge in [-0.2, -0.15) is 0 Å². The Morgan fingerprint density at radius 1 is 1.00 bits per heavy atom. The molecule has 0 unspecified atom stereocenters. The van der Waals surface area contributed by atoms with E-state index in [1.165, 1.54) is 0 Å². The van der Waals surface area contributed by atoms with Crippen molar-refractivity contribution in [1.29, 1.82) is 0 Å². The lowest BCUT2D eigenvalue weighted by molar-refractivity contribution is 0.288. The first-order valence-corrected chi connectivity index (χ1v) is 6.61. The van der Waals surface area contributed by atoms with Gasteiger partial charge >= 0.3 is 0 Å². The van der Waals surface area contributed by atoms with Crippen LogP contribution in [0.5, 0.6) is 11.5 Å². The molecule has 2 aromatic rings. The highest BCUT2D eigenvalue weighted by Gasteiger charge is 2.06. The second kappa shape index (κ2) is 6.65. The molecular weight excluding hydrogens is 254 g/mol. The zero-order valence-corrected chi connectivity index (χ0v) is 11.7. The van der Waals surface area contributed by atoms with E-state index < -0.39 is 0 Å². The molecule has 2 rings (SSSR count). The molecule has 0 spiro atoms. The van der Waals surface area contributed by atoms with Gasteiger partial charge in [0.2, 0.25) is 0 Å². The lowest BCUT2D eigenvalue weighted by atomic mass is 10.2. The molecule has 0 radical (unpaired) electrons. The van der Waals surface area contributed by atoms with Gasteiger partial charge in [-0.1, -0.05) is 0 Å². The second-order valence-corrected chi connectivity index (χ2v) is 4.12. The number of rotatable bonds is 6. The number of nitrogens with zero attached hydrogens (tertiary/aromatic N) is 1. The van der Waals surface area contributed by atoms with Crippen LogP contribution in [0.2, 0.25) is 0 Å². The first kappa shape index (κ1) is 14.0. The summed E-state index contributed by atoms with van der Waals surface area (Å²) in [6.07, 6.45) is 1.69. The maximum atomic E-state index is 5.59. The van der Waals surface area contributed by atoms with Crippen molar-refractivity contribution in [3.8, 4) is 11.5 Å². The van der Waals surface area contributed by atoms with Crippen molar-refractivity contribution >= 4 is 17.2 Å². The van der Waals surface area contributed by atoms with E-state index >= 15 is 0 Å². The Balaban J connectivity index is 2.19. The van der Waals surface area contributed by atoms with E-state index in [9.17, 15) is 0 Å². The summed E-state index contributed by atoms with van der Waals surface area (Å²) >= 11 is 0. The summed E-state index contributed by atoms with van der Waals surface area (Å²) in [4.78, 5) is 4.04. The van der Waals surface area contributed by atoms with Crippen molar-refractivity contribution in [3.05, 3.63) is 36.5 Å². The zero-order chi connectivity index (χ0) is 14.4. The molecule has 5 nitrogen and oxygen atoms in total. The van der Waals surface area contributed by atoms with E-state index in [1.807, 2.05) is 38.1 Å². The average molecular weight is 273 g/mol. The average Bonchev–Trinajstić information content (AvgIpc) is 2.45. The van der Waals surface area contributed by atoms with Gasteiger partial charge in [-0.25, -0.2) is 4.98 Å². The van der Waals surface area contributed by atoms with Gasteiger partial charge in [-0.15, -0.1) is 0 Å². The minimum Gasteiger partial charge on any atom is -0.490 e. The van der Waals surface area contributed by atoms with E-state index in [0.29, 0.717) is 19.0 Å². The number of nitrogen functional groups attached to an aromatic ring is 1. The molecule has 20 heavy (non-hydrogen) atoms. The molecule has 0 aliphatic rings. The van der Waals surface area contributed by atoms with Crippen LogP contribution >= 0.6 is 0 Å². The molecule has 0 bridgehead atoms. The number of nitrogens with one attached hydrogen (secondary N) is 1. The van der Waals surface area contributed by atoms with E-state index in [4.69, 9.17) is 15.2 Å². The molecule has 0 saturated carbocycles. The fourth-order valence-electron chi connectivity index (χ4n) is 1.77. The Morgan fingerprint density at radius 3 is 2.35 bits per heavy atom. The predicted octanol–water partition coefficient (Wildman–Crippen LogP) is 3.20. The Bertz CT molecular complexity index is 556. The van der Waals surface area contributed by atoms with Gasteiger partial charge in [0.25, 0.3) is 0 Å². The minimum atomic E-state index is 0.497. The van der Waals surface area contributed by atoms with Gasteiger partial charge in [-0.3, -0.25) is 0 Å². The van der Waals surface area contributed by atoms with E-state index in [2.05, 4.69) is 10.3 Å². The lowest BCUT2D eigenvalue weighted by Crippen LogP contribution is -2.00. The highest BCUT2D eigenvalue weighted by Crippen LogP contribution is 2.31. The summed E-state index contributed by atoms with van der Waals surface area (Å²) < 4.78 is 11.1. The van der Waals surface area contributed by atoms with Gasteiger partial charge in [0, 0.05) is 11.8 Å². The smallest absolute Gasteiger partial charge is 0.163 e. The molecule has 1 aromatic carbocycles. The van der Waals surface area contributed by atoms with Crippen molar-refractivity contribution in [2.45, 2.75) is 13.8 Å². The molecule has 106 valence electrons. The standard InChI is InChI=1S/C15H19N3O2/c1-3-19-13-7-5-11(9-14(13)20-4-2)18-12-6-8-15(16)17-10-12/h5-10,18H,3-4H2,1-2H3,(H2,16,17). The number of hydrogen-bond acceptors (Lipinski definition) is 5. The summed E-state index contributed by atoms with van der Waals surface area (Å²) in [6.45, 7) is 5.09. The van der Waals surface area contributed by atoms with Gasteiger partial charge in [0.05, 0.1) is 25.1 Å². The number of aromatic nitrogens is 1. The largest absolute Gasteiger partial charge is 0.490 e. The van der Waals surface area contributed by atoms with Crippen molar-refractivity contribution in [2.75, 3.05) is 24.3 Å². The van der Waals surface area contributed by atoms with Crippen LogP contribution in [-0.2, 0) is 0 Å². The third-order valence-electron chi connectivity index (χ3n) is 2.62. The highest BCUT2D eigenvalue weighted by atomic mass is 16.5. The second-order valence-electron chi connectivity index (χ2n) is 4.12. The summed E-state index contributed by atoms with van der Waals surface area (Å²) in [7, 11) is 0. The summed E-state index contributed by atoms with van der Waals surface area (Å²) in [5.41, 5.74) is 7.33. The van der Waals surface area contributed by atoms with Crippen molar-refractivity contribution < 1.29 is 9.47 Å². The van der Waals surface area contributed by atoms with Gasteiger partial charge < -0.3 is 20.5 Å². The molecule has 1 aromatic heterocycles. The number of pyridine rings is 1. The summed E-state index contributed by atoms with van der Waals surface area (Å²) in [5.74, 6) is 1.97. The van der Waals surface area contributed by atoms with E-state index in [-0.39, 0.29) is 0 Å². The molecule has 0 aliphatic heterocycles. The molecule has 0 amide bonds. The molecule has 0 fully saturated rings. The van der Waals surface area contributed by atoms with Gasteiger partial charge in [0.15, 0.2) is 11.5 Å². The quantitative estimate of drug-likeness (QED) is 0.845. The molecule has 3 N–H and O–H groups in total. The first-order chi connectivity index (χ1) is 9.72. The van der Waals surface area contributed by atoms with E-state index in [0.717, 1.165) is 22.9 Å². The molecule has 0 aliphatic carbocycles. The Hall–Kier alpha value is -2.43. The van der Waals surface area contributed by atoms with Crippen molar-refractivity contribution in [3.63, 3.8) is 0 Å². The Labute approximate surface area is 118 Å². The van der Waals surface area contributed by atoms with Gasteiger partial charge in [0.1, 0.15) is 5.82 Å². The van der Waals surface area contributed by atoms with Crippen LogP contribution in [0, 0.1) is 0 Å². The third kappa shape index (κ3) is 3.54. The van der Waals surface area contributed by atoms with Crippen LogP contribution < -0.4 is 20.5 Å². The van der Waals surface area contributed by atoms with Crippen LogP contribution in [-0.4, -0.2) is 18.2 Å². The number of benzene rings is 1. The predicted molar refractivity (Wildman–Crippen MR) is 80.7 cm³/mol. The van der Waals surface area contributed by atoms with Crippen LogP contribution in [0.1, 0.15) is 13.8 Å². The van der Waals surface area contributed by atoms with Gasteiger partial charge in [-0.05, 0) is 38.1 Å². The Morgan fingerprint density at radius 2 is 1.70 bits per heavy atom. The van der Waals surface area contributed by atoms with Crippen molar-refractivity contribution in [1.82, 2.24) is 4.98 Å². The summed E-state index contributed by atoms with van der Waals surface area (Å²) in [6, 6.07) is 9.36. The van der Waals surface area contributed by atoms with E-state index in [1.54, 1.807) is 12.3 Å². The SMILES string of the molecule is CCOc1ccc(Nc2ccc(N)nc2)cc1OCC. The highest BCUT2D eigenvalue weighted by molar-refractivity contribution is 5.63. The maximum Gasteiger partial charge on any atom is 0.163 e. The summed E-state index contributed by atoms with van der Waals surface area (Å²) in [5, 5.41) is 3.25. The number of hydrogen-bond donors (Lipinski definition) is 2. The van der Waals surface area contributed by atoms with Crippen LogP contribution in [0.15, 0.2) is 36.5 Å². The zero-order valence-electron chi connectivity index (χ0n) is 11.7. The normalized spacial score (nSPS) is 10.1. The molecule has 0 saturated heterocycles. The lowest BCUT2D eigenvalue weighted by Gasteiger charge is -2.13. The third-order valence-corrected chi connectivity index (χ3v) is 2.62. The molecule has 5 heteroatoms. The number of ether oxygens (including phenoxy) is 2. The van der Waals surface area contributed by atoms with Crippen molar-refractivity contribution in [2.24, 2.45) is 0 Å². The number of anilines is 3. The minimum absolute atomic E-state index is 0.497. The Kier molecular flexibility index (Phi) is 4.65. The van der Waals surface area contributed by atoms with Crippen LogP contribution in [0.25, 0.3) is 0 Å².